The van der Waals surface area contributed by atoms with Crippen LogP contribution in [0.5, 0.6) is 0 Å². The van der Waals surface area contributed by atoms with Crippen LogP contribution in [0.4, 0.5) is 0 Å². The van der Waals surface area contributed by atoms with Gasteiger partial charge in [-0.1, -0.05) is 12.2 Å². The van der Waals surface area contributed by atoms with Gasteiger partial charge in [0.1, 0.15) is 0 Å². The van der Waals surface area contributed by atoms with Gasteiger partial charge in [-0.15, -0.1) is 0 Å². The highest BCUT2D eigenvalue weighted by molar-refractivity contribution is 6.13. The van der Waals surface area contributed by atoms with Crippen molar-refractivity contribution in [2.75, 3.05) is 13.2 Å². The van der Waals surface area contributed by atoms with E-state index in [-0.39, 0.29) is 23.4 Å². The normalized spacial score (nSPS) is 33.9. The average Bonchev–Trinajstić information content (AvgIpc) is 2.23. The van der Waals surface area contributed by atoms with E-state index in [1.54, 1.807) is 0 Å². The van der Waals surface area contributed by atoms with Gasteiger partial charge in [-0.3, -0.25) is 0 Å². The Labute approximate surface area is 106 Å². The molecule has 17 heavy (non-hydrogen) atoms. The standard InChI is InChI=1S/C13H23BO3/c1-5-16-12-9(8-17-13(2,3)4)6-7-10(14)11(12)15/h6-7,9-12,15H,5,8H2,1-4H3/t9-,10-,11+,12-/m1/s1. The molecule has 1 aliphatic carbocycles. The van der Waals surface area contributed by atoms with Crippen molar-refractivity contribution in [1.82, 2.24) is 0 Å². The summed E-state index contributed by atoms with van der Waals surface area (Å²) in [6, 6.07) is 0. The highest BCUT2D eigenvalue weighted by atomic mass is 16.5. The van der Waals surface area contributed by atoms with Crippen molar-refractivity contribution in [2.45, 2.75) is 51.3 Å². The summed E-state index contributed by atoms with van der Waals surface area (Å²) in [5, 5.41) is 10.0. The number of aliphatic hydroxyl groups is 1. The predicted octanol–water partition coefficient (Wildman–Crippen LogP) is 1.71. The van der Waals surface area contributed by atoms with Crippen LogP contribution in [0.1, 0.15) is 27.7 Å². The van der Waals surface area contributed by atoms with E-state index in [1.807, 2.05) is 39.8 Å². The lowest BCUT2D eigenvalue weighted by Crippen LogP contribution is -2.43. The third-order valence-corrected chi connectivity index (χ3v) is 2.80. The molecule has 0 bridgehead atoms. The molecule has 96 valence electrons. The molecule has 0 unspecified atom stereocenters. The molecule has 0 fully saturated rings. The highest BCUT2D eigenvalue weighted by Gasteiger charge is 2.34. The second-order valence-corrected chi connectivity index (χ2v) is 5.46. The minimum Gasteiger partial charge on any atom is -0.391 e. The van der Waals surface area contributed by atoms with E-state index in [9.17, 15) is 5.11 Å². The molecule has 0 aromatic carbocycles. The Morgan fingerprint density at radius 1 is 1.29 bits per heavy atom. The van der Waals surface area contributed by atoms with Crippen molar-refractivity contribution in [3.63, 3.8) is 0 Å². The summed E-state index contributed by atoms with van der Waals surface area (Å²) in [6.45, 7) is 9.05. The van der Waals surface area contributed by atoms with Crippen LogP contribution in [-0.2, 0) is 9.47 Å². The lowest BCUT2D eigenvalue weighted by Gasteiger charge is -2.36. The molecule has 1 aliphatic rings. The van der Waals surface area contributed by atoms with Crippen molar-refractivity contribution in [1.29, 1.82) is 0 Å². The first-order chi connectivity index (χ1) is 7.85. The Balaban J connectivity index is 2.64. The van der Waals surface area contributed by atoms with Crippen LogP contribution in [0.2, 0.25) is 5.82 Å². The van der Waals surface area contributed by atoms with Crippen molar-refractivity contribution >= 4 is 7.85 Å². The molecular weight excluding hydrogens is 215 g/mol. The van der Waals surface area contributed by atoms with E-state index < -0.39 is 6.10 Å². The Hall–Kier alpha value is -0.315. The van der Waals surface area contributed by atoms with Gasteiger partial charge >= 0.3 is 0 Å². The maximum atomic E-state index is 10.0. The molecule has 0 spiro atoms. The predicted molar refractivity (Wildman–Crippen MR) is 69.3 cm³/mol. The smallest absolute Gasteiger partial charge is 0.0916 e. The number of hydrogen-bond donors (Lipinski definition) is 1. The van der Waals surface area contributed by atoms with E-state index in [2.05, 4.69) is 0 Å². The lowest BCUT2D eigenvalue weighted by atomic mass is 9.73. The van der Waals surface area contributed by atoms with Crippen LogP contribution >= 0.6 is 0 Å². The summed E-state index contributed by atoms with van der Waals surface area (Å²) in [7, 11) is 5.79. The van der Waals surface area contributed by atoms with Crippen molar-refractivity contribution in [3.8, 4) is 0 Å². The zero-order chi connectivity index (χ0) is 13.1. The fraction of sp³-hybridized carbons (Fsp3) is 0.846. The summed E-state index contributed by atoms with van der Waals surface area (Å²) in [6.07, 6.45) is 2.89. The third kappa shape index (κ3) is 4.45. The zero-order valence-corrected chi connectivity index (χ0v) is 11.2. The van der Waals surface area contributed by atoms with E-state index >= 15 is 0 Å². The van der Waals surface area contributed by atoms with Crippen LogP contribution in [0, 0.1) is 5.92 Å². The minimum atomic E-state index is -0.659. The molecule has 0 saturated heterocycles. The molecule has 3 nitrogen and oxygen atoms in total. The Bertz CT molecular complexity index is 260. The molecule has 0 saturated carbocycles. The Kier molecular flexibility index (Phi) is 5.23. The number of rotatable bonds is 4. The lowest BCUT2D eigenvalue weighted by molar-refractivity contribution is -0.0936. The summed E-state index contributed by atoms with van der Waals surface area (Å²) >= 11 is 0. The molecule has 4 atom stereocenters. The van der Waals surface area contributed by atoms with Crippen LogP contribution in [0.15, 0.2) is 12.2 Å². The third-order valence-electron chi connectivity index (χ3n) is 2.80. The summed E-state index contributed by atoms with van der Waals surface area (Å²) in [4.78, 5) is 0. The fourth-order valence-electron chi connectivity index (χ4n) is 1.88. The van der Waals surface area contributed by atoms with Gasteiger partial charge in [0.15, 0.2) is 0 Å². The van der Waals surface area contributed by atoms with E-state index in [0.717, 1.165) is 0 Å². The molecule has 0 aromatic heterocycles. The maximum Gasteiger partial charge on any atom is 0.0916 e. The second kappa shape index (κ2) is 6.03. The molecule has 2 radical (unpaired) electrons. The van der Waals surface area contributed by atoms with Crippen molar-refractivity contribution in [2.24, 2.45) is 5.92 Å². The van der Waals surface area contributed by atoms with Gasteiger partial charge in [-0.25, -0.2) is 0 Å². The van der Waals surface area contributed by atoms with Crippen molar-refractivity contribution < 1.29 is 14.6 Å². The van der Waals surface area contributed by atoms with Gasteiger partial charge in [-0.2, -0.15) is 0 Å². The molecule has 1 N–H and O–H groups in total. The van der Waals surface area contributed by atoms with Gasteiger partial charge in [0.2, 0.25) is 0 Å². The Morgan fingerprint density at radius 3 is 2.47 bits per heavy atom. The van der Waals surface area contributed by atoms with E-state index in [4.69, 9.17) is 17.3 Å². The monoisotopic (exact) mass is 238 g/mol. The fourth-order valence-corrected chi connectivity index (χ4v) is 1.88. The van der Waals surface area contributed by atoms with Crippen LogP contribution < -0.4 is 0 Å². The first-order valence-corrected chi connectivity index (χ1v) is 6.22. The minimum absolute atomic E-state index is 0.0592. The average molecular weight is 238 g/mol. The molecule has 1 rings (SSSR count). The molecule has 0 aliphatic heterocycles. The SMILES string of the molecule is [B][C@@H]1C=C[C@H](COC(C)(C)C)[C@@H](OCC)[C@H]1O. The first kappa shape index (κ1) is 14.7. The zero-order valence-electron chi connectivity index (χ0n) is 11.2. The molecule has 0 aromatic rings. The second-order valence-electron chi connectivity index (χ2n) is 5.46. The molecule has 4 heteroatoms. The van der Waals surface area contributed by atoms with Crippen LogP contribution in [0.3, 0.4) is 0 Å². The topological polar surface area (TPSA) is 38.7 Å². The molecular formula is C13H23BO3. The maximum absolute atomic E-state index is 10.0. The van der Waals surface area contributed by atoms with Gasteiger partial charge in [0.25, 0.3) is 0 Å². The van der Waals surface area contributed by atoms with Gasteiger partial charge in [-0.05, 0) is 33.5 Å². The van der Waals surface area contributed by atoms with Gasteiger partial charge in [0, 0.05) is 12.5 Å². The Morgan fingerprint density at radius 2 is 1.94 bits per heavy atom. The van der Waals surface area contributed by atoms with Gasteiger partial charge < -0.3 is 14.6 Å². The van der Waals surface area contributed by atoms with E-state index in [0.29, 0.717) is 13.2 Å². The highest BCUT2D eigenvalue weighted by Crippen LogP contribution is 2.28. The first-order valence-electron chi connectivity index (χ1n) is 6.22. The van der Waals surface area contributed by atoms with Crippen molar-refractivity contribution in [3.05, 3.63) is 12.2 Å². The molecule has 0 amide bonds. The summed E-state index contributed by atoms with van der Waals surface area (Å²) in [5.74, 6) is -0.290. The molecule has 0 heterocycles. The summed E-state index contributed by atoms with van der Waals surface area (Å²) in [5.41, 5.74) is -0.185. The summed E-state index contributed by atoms with van der Waals surface area (Å²) < 4.78 is 11.3. The number of hydrogen-bond acceptors (Lipinski definition) is 3. The number of ether oxygens (including phenoxy) is 2. The van der Waals surface area contributed by atoms with E-state index in [1.165, 1.54) is 0 Å². The van der Waals surface area contributed by atoms with Crippen LogP contribution in [0.25, 0.3) is 0 Å². The van der Waals surface area contributed by atoms with Gasteiger partial charge in [0.05, 0.1) is 32.3 Å². The van der Waals surface area contributed by atoms with Crippen LogP contribution in [-0.4, -0.2) is 44.0 Å². The number of aliphatic hydroxyl groups excluding tert-OH is 1. The quantitative estimate of drug-likeness (QED) is 0.598. The largest absolute Gasteiger partial charge is 0.391 e.